The Balaban J connectivity index is 1.66. The van der Waals surface area contributed by atoms with Gasteiger partial charge in [-0.25, -0.2) is 22.4 Å². The van der Waals surface area contributed by atoms with Crippen LogP contribution in [-0.4, -0.2) is 35.7 Å². The van der Waals surface area contributed by atoms with Crippen molar-refractivity contribution >= 4 is 40.8 Å². The van der Waals surface area contributed by atoms with E-state index < -0.39 is 72.3 Å². The molecule has 0 bridgehead atoms. The molecule has 0 unspecified atom stereocenters. The minimum Gasteiger partial charge on any atom is -0.341 e. The third-order valence-electron chi connectivity index (χ3n) is 6.48. The lowest BCUT2D eigenvalue weighted by Crippen LogP contribution is -2.42. The summed E-state index contributed by atoms with van der Waals surface area (Å²) < 4.78 is 94.0. The van der Waals surface area contributed by atoms with Gasteiger partial charge in [0.1, 0.15) is 11.6 Å². The van der Waals surface area contributed by atoms with Crippen LogP contribution in [0.1, 0.15) is 49.0 Å². The molecule has 3 N–H and O–H groups in total. The number of alkyl halides is 5. The fourth-order valence-electron chi connectivity index (χ4n) is 4.76. The van der Waals surface area contributed by atoms with Crippen LogP contribution in [0.25, 0.3) is 0 Å². The number of hydrogen-bond donors (Lipinski definition) is 3. The molecule has 0 aromatic heterocycles. The Hall–Kier alpha value is -4.33. The van der Waals surface area contributed by atoms with Gasteiger partial charge in [0.2, 0.25) is 0 Å². The average Bonchev–Trinajstić information content (AvgIpc) is 3.22. The molecule has 3 aromatic rings. The van der Waals surface area contributed by atoms with Gasteiger partial charge in [-0.2, -0.15) is 13.2 Å². The monoisotopic (exact) mass is 600 g/mol. The van der Waals surface area contributed by atoms with E-state index in [1.807, 2.05) is 0 Å². The molecule has 7 nitrogen and oxygen atoms in total. The lowest BCUT2D eigenvalue weighted by molar-refractivity contribution is -0.137. The molecule has 2 heterocycles. The second-order valence-corrected chi connectivity index (χ2v) is 9.61. The van der Waals surface area contributed by atoms with Crippen molar-refractivity contribution < 1.29 is 45.1 Å². The first-order valence-corrected chi connectivity index (χ1v) is 12.1. The molecule has 3 aromatic carbocycles. The smallest absolute Gasteiger partial charge is 0.341 e. The molecule has 0 fully saturated rings. The van der Waals surface area contributed by atoms with E-state index in [0.29, 0.717) is 12.1 Å². The second-order valence-electron chi connectivity index (χ2n) is 9.20. The van der Waals surface area contributed by atoms with E-state index in [4.69, 9.17) is 11.6 Å². The summed E-state index contributed by atoms with van der Waals surface area (Å²) in [6.07, 6.45) is -7.86. The number of urea groups is 1. The number of fused-ring (bicyclic) bond motifs is 3. The number of nitrogens with one attached hydrogen (secondary N) is 3. The van der Waals surface area contributed by atoms with Gasteiger partial charge < -0.3 is 20.9 Å². The second kappa shape index (κ2) is 10.3. The van der Waals surface area contributed by atoms with Gasteiger partial charge in [0, 0.05) is 33.9 Å². The van der Waals surface area contributed by atoms with Crippen molar-refractivity contribution in [1.29, 1.82) is 0 Å². The summed E-state index contributed by atoms with van der Waals surface area (Å²) in [5, 5.41) is 7.32. The summed E-state index contributed by atoms with van der Waals surface area (Å²) >= 11 is 6.26. The molecule has 214 valence electrons. The van der Waals surface area contributed by atoms with Crippen LogP contribution in [0.5, 0.6) is 0 Å². The zero-order chi connectivity index (χ0) is 29.8. The van der Waals surface area contributed by atoms with Crippen LogP contribution in [0.3, 0.4) is 0 Å². The zero-order valence-corrected chi connectivity index (χ0v) is 21.1. The Bertz CT molecular complexity index is 1610. The molecule has 2 aliphatic rings. The topological polar surface area (TPSA) is 90.5 Å². The van der Waals surface area contributed by atoms with Gasteiger partial charge in [-0.1, -0.05) is 11.6 Å². The molecule has 5 rings (SSSR count). The van der Waals surface area contributed by atoms with Crippen molar-refractivity contribution in [2.45, 2.75) is 25.2 Å². The van der Waals surface area contributed by atoms with Gasteiger partial charge >= 0.3 is 12.2 Å². The first-order chi connectivity index (χ1) is 19.2. The standard InChI is InChI=1S/C26H16ClF7N4O3/c27-16-2-1-13(28)7-15(16)22-19-17(35-23(39)10-3-12(26(32,33)34)6-14(29)4-10)5-11-8-38(9-18(30)31)25(41)37-21(11)20(19)24(40)36-22/h1-7,18,22H,8-9H2,(H,35,39)(H,36,40)(H,37,41)/t22-/m1/s1. The number of amides is 4. The van der Waals surface area contributed by atoms with Crippen molar-refractivity contribution in [3.05, 3.63) is 92.5 Å². The van der Waals surface area contributed by atoms with Crippen molar-refractivity contribution in [2.24, 2.45) is 0 Å². The molecule has 0 saturated heterocycles. The van der Waals surface area contributed by atoms with Crippen LogP contribution < -0.4 is 16.0 Å². The van der Waals surface area contributed by atoms with E-state index in [0.717, 1.165) is 17.0 Å². The number of carbonyl (C=O) groups is 3. The van der Waals surface area contributed by atoms with E-state index in [1.54, 1.807) is 0 Å². The lowest BCUT2D eigenvalue weighted by atomic mass is 9.92. The molecule has 41 heavy (non-hydrogen) atoms. The lowest BCUT2D eigenvalue weighted by Gasteiger charge is -2.31. The fraction of sp³-hybridized carbons (Fsp3) is 0.192. The maximum atomic E-state index is 14.2. The van der Waals surface area contributed by atoms with Gasteiger partial charge in [0.15, 0.2) is 0 Å². The van der Waals surface area contributed by atoms with Crippen molar-refractivity contribution in [3.63, 3.8) is 0 Å². The fourth-order valence-corrected chi connectivity index (χ4v) is 4.99. The number of nitrogens with zero attached hydrogens (tertiary/aromatic N) is 1. The normalized spacial score (nSPS) is 16.3. The molecule has 0 saturated carbocycles. The maximum absolute atomic E-state index is 14.2. The van der Waals surface area contributed by atoms with E-state index in [2.05, 4.69) is 16.0 Å². The van der Waals surface area contributed by atoms with Crippen molar-refractivity contribution in [2.75, 3.05) is 17.2 Å². The summed E-state index contributed by atoms with van der Waals surface area (Å²) in [4.78, 5) is 39.6. The van der Waals surface area contributed by atoms with Crippen LogP contribution >= 0.6 is 11.6 Å². The van der Waals surface area contributed by atoms with E-state index in [9.17, 15) is 45.1 Å². The van der Waals surface area contributed by atoms with Crippen molar-refractivity contribution in [1.82, 2.24) is 10.2 Å². The van der Waals surface area contributed by atoms with Gasteiger partial charge in [-0.05, 0) is 48.0 Å². The third kappa shape index (κ3) is 5.38. The SMILES string of the molecule is O=C(Nc1cc2c(c3c1[C@@H](c1cc(F)ccc1Cl)NC3=O)NC(=O)N(CC(F)F)C2)c1cc(F)cc(C(F)(F)F)c1. The first kappa shape index (κ1) is 28.2. The van der Waals surface area contributed by atoms with Gasteiger partial charge in [0.05, 0.1) is 29.4 Å². The average molecular weight is 601 g/mol. The van der Waals surface area contributed by atoms with E-state index in [1.165, 1.54) is 12.1 Å². The number of rotatable bonds is 5. The Morgan fingerprint density at radius 2 is 1.80 bits per heavy atom. The predicted molar refractivity (Wildman–Crippen MR) is 132 cm³/mol. The van der Waals surface area contributed by atoms with Crippen LogP contribution in [0, 0.1) is 11.6 Å². The highest BCUT2D eigenvalue weighted by molar-refractivity contribution is 6.31. The molecule has 1 atom stereocenters. The molecular formula is C26H16ClF7N4O3. The Labute approximate surface area is 231 Å². The minimum atomic E-state index is -4.97. The molecule has 0 radical (unpaired) electrons. The third-order valence-corrected chi connectivity index (χ3v) is 6.83. The number of hydrogen-bond acceptors (Lipinski definition) is 3. The van der Waals surface area contributed by atoms with Gasteiger partial charge in [0.25, 0.3) is 18.2 Å². The highest BCUT2D eigenvalue weighted by Gasteiger charge is 2.40. The number of carbonyl (C=O) groups excluding carboxylic acids is 3. The molecular weight excluding hydrogens is 585 g/mol. The summed E-state index contributed by atoms with van der Waals surface area (Å²) in [6, 6.07) is 3.56. The predicted octanol–water partition coefficient (Wildman–Crippen LogP) is 6.33. The minimum absolute atomic E-state index is 0.00615. The van der Waals surface area contributed by atoms with Gasteiger partial charge in [-0.3, -0.25) is 9.59 Å². The molecule has 0 aliphatic carbocycles. The van der Waals surface area contributed by atoms with E-state index in [-0.39, 0.29) is 44.7 Å². The molecule has 0 spiro atoms. The zero-order valence-electron chi connectivity index (χ0n) is 20.3. The quantitative estimate of drug-likeness (QED) is 0.299. The summed E-state index contributed by atoms with van der Waals surface area (Å²) in [6.45, 7) is -1.38. The Morgan fingerprint density at radius 1 is 1.07 bits per heavy atom. The number of anilines is 2. The maximum Gasteiger partial charge on any atom is 0.416 e. The van der Waals surface area contributed by atoms with Crippen LogP contribution in [0.4, 0.5) is 46.9 Å². The van der Waals surface area contributed by atoms with E-state index >= 15 is 0 Å². The van der Waals surface area contributed by atoms with Crippen LogP contribution in [0.2, 0.25) is 5.02 Å². The highest BCUT2D eigenvalue weighted by atomic mass is 35.5. The summed E-state index contributed by atoms with van der Waals surface area (Å²) in [5.74, 6) is -4.08. The van der Waals surface area contributed by atoms with Crippen LogP contribution in [-0.2, 0) is 12.7 Å². The molecule has 15 heteroatoms. The summed E-state index contributed by atoms with van der Waals surface area (Å²) in [5.41, 5.74) is -2.49. The van der Waals surface area contributed by atoms with Crippen molar-refractivity contribution in [3.8, 4) is 0 Å². The Morgan fingerprint density at radius 3 is 2.49 bits per heavy atom. The van der Waals surface area contributed by atoms with Crippen LogP contribution in [0.15, 0.2) is 42.5 Å². The first-order valence-electron chi connectivity index (χ1n) is 11.7. The Kier molecular flexibility index (Phi) is 7.05. The molecule has 4 amide bonds. The summed E-state index contributed by atoms with van der Waals surface area (Å²) in [7, 11) is 0. The highest BCUT2D eigenvalue weighted by Crippen LogP contribution is 2.45. The number of benzene rings is 3. The molecule has 2 aliphatic heterocycles. The largest absolute Gasteiger partial charge is 0.416 e. The van der Waals surface area contributed by atoms with Gasteiger partial charge in [-0.15, -0.1) is 0 Å². The number of halogens is 8.